The van der Waals surface area contributed by atoms with Crippen molar-refractivity contribution < 1.29 is 18.0 Å². The van der Waals surface area contributed by atoms with Crippen molar-refractivity contribution in [1.29, 1.82) is 0 Å². The Morgan fingerprint density at radius 3 is 2.83 bits per heavy atom. The Kier molecular flexibility index (Phi) is 5.54. The molecule has 0 radical (unpaired) electrons. The summed E-state index contributed by atoms with van der Waals surface area (Å²) in [5, 5.41) is 5.79. The summed E-state index contributed by atoms with van der Waals surface area (Å²) >= 11 is 1.32. The number of nitrogens with zero attached hydrogens (tertiary/aromatic N) is 6. The third-order valence-corrected chi connectivity index (χ3v) is 5.99. The van der Waals surface area contributed by atoms with Crippen molar-refractivity contribution in [3.8, 4) is 10.6 Å². The van der Waals surface area contributed by atoms with Crippen molar-refractivity contribution >= 4 is 17.2 Å². The van der Waals surface area contributed by atoms with Crippen LogP contribution >= 0.6 is 11.3 Å². The first-order valence-electron chi connectivity index (χ1n) is 9.46. The van der Waals surface area contributed by atoms with Crippen LogP contribution in [-0.4, -0.2) is 48.6 Å². The summed E-state index contributed by atoms with van der Waals surface area (Å²) in [6.07, 6.45) is -0.477. The van der Waals surface area contributed by atoms with E-state index in [0.717, 1.165) is 6.07 Å². The Morgan fingerprint density at radius 2 is 2.17 bits per heavy atom. The molecule has 1 aliphatic heterocycles. The summed E-state index contributed by atoms with van der Waals surface area (Å²) < 4.78 is 41.8. The van der Waals surface area contributed by atoms with Crippen molar-refractivity contribution in [3.63, 3.8) is 0 Å². The average Bonchev–Trinajstić information content (AvgIpc) is 3.46. The first-order chi connectivity index (χ1) is 14.3. The van der Waals surface area contributed by atoms with Crippen LogP contribution in [0.2, 0.25) is 0 Å². The number of piperidine rings is 1. The summed E-state index contributed by atoms with van der Waals surface area (Å²) in [6.45, 7) is 2.52. The van der Waals surface area contributed by atoms with E-state index in [0.29, 0.717) is 24.3 Å². The van der Waals surface area contributed by atoms with Gasteiger partial charge in [-0.05, 0) is 37.3 Å². The van der Waals surface area contributed by atoms with E-state index in [4.69, 9.17) is 0 Å². The number of carbonyl (C=O) groups excluding carboxylic acids is 1. The lowest BCUT2D eigenvalue weighted by Crippen LogP contribution is -2.42. The number of alkyl halides is 3. The number of halogens is 3. The fourth-order valence-corrected chi connectivity index (χ4v) is 4.21. The van der Waals surface area contributed by atoms with E-state index in [9.17, 15) is 18.0 Å². The second-order valence-corrected chi connectivity index (χ2v) is 8.09. The summed E-state index contributed by atoms with van der Waals surface area (Å²) in [7, 11) is 0. The van der Waals surface area contributed by atoms with Crippen LogP contribution in [0, 0.1) is 0 Å². The minimum atomic E-state index is -4.57. The van der Waals surface area contributed by atoms with E-state index in [2.05, 4.69) is 20.1 Å². The molecule has 1 saturated heterocycles. The van der Waals surface area contributed by atoms with Crippen molar-refractivity contribution in [2.24, 2.45) is 0 Å². The predicted octanol–water partition coefficient (Wildman–Crippen LogP) is 3.78. The molecule has 1 aliphatic rings. The van der Waals surface area contributed by atoms with Crippen LogP contribution < -0.4 is 0 Å². The van der Waals surface area contributed by atoms with Gasteiger partial charge in [0.05, 0.1) is 10.6 Å². The highest BCUT2D eigenvalue weighted by Crippen LogP contribution is 2.34. The second-order valence-electron chi connectivity index (χ2n) is 7.15. The van der Waals surface area contributed by atoms with Gasteiger partial charge in [0.2, 0.25) is 5.91 Å². The van der Waals surface area contributed by atoms with E-state index in [1.807, 2.05) is 0 Å². The summed E-state index contributed by atoms with van der Waals surface area (Å²) in [5.41, 5.74) is -0.711. The fourth-order valence-electron chi connectivity index (χ4n) is 3.53. The molecular weight excluding hydrogens is 417 g/mol. The van der Waals surface area contributed by atoms with Crippen LogP contribution in [0.3, 0.4) is 0 Å². The van der Waals surface area contributed by atoms with Crippen molar-refractivity contribution in [2.45, 2.75) is 37.9 Å². The van der Waals surface area contributed by atoms with Crippen molar-refractivity contribution in [3.05, 3.63) is 47.8 Å². The fraction of sp³-hybridized carbons (Fsp3) is 0.421. The van der Waals surface area contributed by atoms with E-state index in [1.54, 1.807) is 29.3 Å². The molecule has 158 valence electrons. The van der Waals surface area contributed by atoms with Crippen molar-refractivity contribution in [1.82, 2.24) is 29.6 Å². The lowest BCUT2D eigenvalue weighted by atomic mass is 9.96. The van der Waals surface area contributed by atoms with Gasteiger partial charge in [-0.15, -0.1) is 11.3 Å². The van der Waals surface area contributed by atoms with Gasteiger partial charge in [-0.25, -0.2) is 19.6 Å². The van der Waals surface area contributed by atoms with Gasteiger partial charge in [0.15, 0.2) is 0 Å². The molecule has 30 heavy (non-hydrogen) atoms. The Labute approximate surface area is 174 Å². The minimum absolute atomic E-state index is 0.124. The van der Waals surface area contributed by atoms with Gasteiger partial charge >= 0.3 is 6.18 Å². The normalized spacial score (nSPS) is 18.4. The van der Waals surface area contributed by atoms with Gasteiger partial charge < -0.3 is 4.90 Å². The first-order valence-corrected chi connectivity index (χ1v) is 10.3. The van der Waals surface area contributed by atoms with E-state index >= 15 is 0 Å². The number of amides is 1. The van der Waals surface area contributed by atoms with Crippen LogP contribution in [-0.2, 0) is 11.0 Å². The molecule has 0 aliphatic carbocycles. The van der Waals surface area contributed by atoms with Gasteiger partial charge in [-0.3, -0.25) is 4.79 Å². The van der Waals surface area contributed by atoms with Crippen LogP contribution in [0.5, 0.6) is 0 Å². The lowest BCUT2D eigenvalue weighted by Gasteiger charge is -2.33. The lowest BCUT2D eigenvalue weighted by molar-refractivity contribution is -0.141. The maximum atomic E-state index is 13.5. The highest BCUT2D eigenvalue weighted by atomic mass is 32.1. The Balaban J connectivity index is 1.61. The molecule has 3 aromatic heterocycles. The largest absolute Gasteiger partial charge is 0.433 e. The Morgan fingerprint density at radius 1 is 1.33 bits per heavy atom. The predicted molar refractivity (Wildman–Crippen MR) is 104 cm³/mol. The maximum Gasteiger partial charge on any atom is 0.433 e. The van der Waals surface area contributed by atoms with Gasteiger partial charge in [-0.1, -0.05) is 6.07 Å². The number of rotatable bonds is 4. The molecular formula is C19H19F3N6OS. The number of thiophene rings is 1. The molecule has 0 unspecified atom stereocenters. The smallest absolute Gasteiger partial charge is 0.340 e. The van der Waals surface area contributed by atoms with Crippen LogP contribution in [0.4, 0.5) is 13.2 Å². The third-order valence-electron chi connectivity index (χ3n) is 5.10. The Hall–Kier alpha value is -2.82. The molecule has 1 amide bonds. The van der Waals surface area contributed by atoms with Gasteiger partial charge in [-0.2, -0.15) is 18.3 Å². The first kappa shape index (κ1) is 20.5. The summed E-state index contributed by atoms with van der Waals surface area (Å²) in [6, 6.07) is 3.93. The quantitative estimate of drug-likeness (QED) is 0.622. The zero-order valence-electron chi connectivity index (χ0n) is 16.1. The highest BCUT2D eigenvalue weighted by molar-refractivity contribution is 7.13. The Bertz CT molecular complexity index is 1010. The van der Waals surface area contributed by atoms with Crippen LogP contribution in [0.1, 0.15) is 43.2 Å². The van der Waals surface area contributed by atoms with Crippen molar-refractivity contribution in [2.75, 3.05) is 13.1 Å². The van der Waals surface area contributed by atoms with E-state index in [-0.39, 0.29) is 29.9 Å². The molecule has 0 aromatic carbocycles. The molecule has 4 heterocycles. The number of hydrogen-bond donors (Lipinski definition) is 0. The molecule has 0 bridgehead atoms. The number of likely N-dealkylation sites (tertiary alicyclic amines) is 1. The molecule has 4 rings (SSSR count). The highest BCUT2D eigenvalue weighted by Gasteiger charge is 2.36. The SMILES string of the molecule is C[C@@H](C(=O)N1CCC[C@@H](c2nc(-c3cccs3)cc(C(F)(F)F)n2)C1)n1cncn1. The molecule has 3 aromatic rings. The standard InChI is InChI=1S/C19H19F3N6OS/c1-12(28-11-23-10-24-28)18(29)27-6-2-4-13(9-27)17-25-14(15-5-3-7-30-15)8-16(26-17)19(20,21)22/h3,5,7-8,10-13H,2,4,6,9H2,1H3/t12-,13+/m0/s1. The zero-order valence-corrected chi connectivity index (χ0v) is 16.9. The average molecular weight is 436 g/mol. The zero-order chi connectivity index (χ0) is 21.3. The van der Waals surface area contributed by atoms with E-state index < -0.39 is 17.9 Å². The minimum Gasteiger partial charge on any atom is -0.340 e. The molecule has 11 heteroatoms. The van der Waals surface area contributed by atoms with Gasteiger partial charge in [0.1, 0.15) is 30.2 Å². The van der Waals surface area contributed by atoms with Crippen LogP contribution in [0.25, 0.3) is 10.6 Å². The number of hydrogen-bond acceptors (Lipinski definition) is 6. The number of aromatic nitrogens is 5. The molecule has 0 N–H and O–H groups in total. The summed E-state index contributed by atoms with van der Waals surface area (Å²) in [5.74, 6) is -0.401. The van der Waals surface area contributed by atoms with E-state index in [1.165, 1.54) is 28.7 Å². The summed E-state index contributed by atoms with van der Waals surface area (Å²) in [4.78, 5) is 27.3. The molecule has 0 spiro atoms. The molecule has 7 nitrogen and oxygen atoms in total. The van der Waals surface area contributed by atoms with Gasteiger partial charge in [0, 0.05) is 19.0 Å². The topological polar surface area (TPSA) is 76.8 Å². The van der Waals surface area contributed by atoms with Gasteiger partial charge in [0.25, 0.3) is 0 Å². The maximum absolute atomic E-state index is 13.5. The monoisotopic (exact) mass is 436 g/mol. The molecule has 2 atom stereocenters. The second kappa shape index (κ2) is 8.13. The third kappa shape index (κ3) is 4.20. The van der Waals surface area contributed by atoms with Crippen LogP contribution in [0.15, 0.2) is 36.2 Å². The molecule has 1 fully saturated rings. The molecule has 0 saturated carbocycles. The number of carbonyl (C=O) groups is 1.